The number of benzene rings is 6. The summed E-state index contributed by atoms with van der Waals surface area (Å²) in [7, 11) is 3.29. The molecule has 8 nitrogen and oxygen atoms in total. The van der Waals surface area contributed by atoms with Crippen LogP contribution in [0.25, 0.3) is 0 Å². The van der Waals surface area contributed by atoms with Crippen molar-refractivity contribution in [3.63, 3.8) is 0 Å². The molecule has 0 bridgehead atoms. The summed E-state index contributed by atoms with van der Waals surface area (Å²) in [5.74, 6) is 1.44. The molecule has 56 heavy (non-hydrogen) atoms. The predicted molar refractivity (Wildman–Crippen MR) is 214 cm³/mol. The summed E-state index contributed by atoms with van der Waals surface area (Å²) >= 11 is 0. The molecule has 6 aromatic rings. The molecule has 1 fully saturated rings. The molecule has 1 N–H and O–H groups in total. The molecule has 0 aliphatic carbocycles. The Labute approximate surface area is 329 Å². The van der Waals surface area contributed by atoms with Crippen molar-refractivity contribution in [2.75, 3.05) is 20.8 Å². The second-order valence-corrected chi connectivity index (χ2v) is 13.7. The van der Waals surface area contributed by atoms with Crippen LogP contribution in [0.1, 0.15) is 33.4 Å². The van der Waals surface area contributed by atoms with Gasteiger partial charge in [0.15, 0.2) is 6.29 Å². The van der Waals surface area contributed by atoms with E-state index in [1.807, 2.05) is 170 Å². The van der Waals surface area contributed by atoms with E-state index in [2.05, 4.69) is 0 Å². The number of rotatable bonds is 17. The third-order valence-electron chi connectivity index (χ3n) is 10.1. The van der Waals surface area contributed by atoms with Crippen molar-refractivity contribution < 1.29 is 38.3 Å². The average Bonchev–Trinajstić information content (AvgIpc) is 3.27. The number of hydrogen-bond donors (Lipinski definition) is 1. The summed E-state index contributed by atoms with van der Waals surface area (Å²) in [6.07, 6.45) is -4.47. The van der Waals surface area contributed by atoms with Gasteiger partial charge in [0.1, 0.15) is 41.5 Å². The van der Waals surface area contributed by atoms with E-state index in [1.54, 1.807) is 14.2 Å². The van der Waals surface area contributed by atoms with Crippen LogP contribution < -0.4 is 9.47 Å². The van der Waals surface area contributed by atoms with Gasteiger partial charge in [0.25, 0.3) is 0 Å². The zero-order valence-electron chi connectivity index (χ0n) is 31.7. The van der Waals surface area contributed by atoms with E-state index < -0.39 is 36.3 Å². The summed E-state index contributed by atoms with van der Waals surface area (Å²) in [5.41, 5.74) is 4.43. The SMILES string of the molecule is COc1ccc(C(OC[C@H]2OC(O)[C@H](OCc3ccccc3)[C@@H](OCc3ccccc3)[C@@H]2OCc2ccccc2)(c2ccccc2)c2ccc(OC)cc2)cc1. The van der Waals surface area contributed by atoms with Gasteiger partial charge in [-0.3, -0.25) is 0 Å². The molecule has 7 rings (SSSR count). The van der Waals surface area contributed by atoms with E-state index in [1.165, 1.54) is 0 Å². The van der Waals surface area contributed by atoms with Crippen LogP contribution in [0, 0.1) is 0 Å². The molecule has 1 saturated heterocycles. The molecule has 0 radical (unpaired) electrons. The maximum absolute atomic E-state index is 11.8. The molecule has 6 aromatic carbocycles. The van der Waals surface area contributed by atoms with Crippen LogP contribution >= 0.6 is 0 Å². The van der Waals surface area contributed by atoms with Crippen LogP contribution in [-0.4, -0.2) is 56.6 Å². The molecular formula is C48H48O8. The summed E-state index contributed by atoms with van der Waals surface area (Å²) in [4.78, 5) is 0. The molecule has 1 aliphatic rings. The Balaban J connectivity index is 1.28. The molecule has 0 aromatic heterocycles. The highest BCUT2D eigenvalue weighted by Crippen LogP contribution is 2.43. The molecule has 8 heteroatoms. The van der Waals surface area contributed by atoms with Crippen LogP contribution in [0.2, 0.25) is 0 Å². The van der Waals surface area contributed by atoms with Crippen molar-refractivity contribution in [3.05, 3.63) is 203 Å². The lowest BCUT2D eigenvalue weighted by atomic mass is 9.80. The lowest BCUT2D eigenvalue weighted by Crippen LogP contribution is -2.61. The van der Waals surface area contributed by atoms with Gasteiger partial charge in [-0.15, -0.1) is 0 Å². The Kier molecular flexibility index (Phi) is 13.2. The number of aliphatic hydroxyl groups is 1. The van der Waals surface area contributed by atoms with Crippen molar-refractivity contribution in [3.8, 4) is 11.5 Å². The third kappa shape index (κ3) is 9.20. The van der Waals surface area contributed by atoms with Crippen LogP contribution in [0.15, 0.2) is 170 Å². The second kappa shape index (κ2) is 19.0. The number of methoxy groups -OCH3 is 2. The Morgan fingerprint density at radius 2 is 0.839 bits per heavy atom. The van der Waals surface area contributed by atoms with E-state index in [-0.39, 0.29) is 26.4 Å². The van der Waals surface area contributed by atoms with Gasteiger partial charge in [-0.25, -0.2) is 0 Å². The van der Waals surface area contributed by atoms with E-state index >= 15 is 0 Å². The first-order valence-electron chi connectivity index (χ1n) is 18.9. The lowest BCUT2D eigenvalue weighted by molar-refractivity contribution is -0.319. The molecule has 5 atom stereocenters. The highest BCUT2D eigenvalue weighted by molar-refractivity contribution is 5.49. The fraction of sp³-hybridized carbons (Fsp3) is 0.250. The van der Waals surface area contributed by atoms with E-state index in [0.717, 1.165) is 44.9 Å². The fourth-order valence-corrected chi connectivity index (χ4v) is 7.18. The van der Waals surface area contributed by atoms with Gasteiger partial charge >= 0.3 is 0 Å². The topological polar surface area (TPSA) is 84.8 Å². The lowest BCUT2D eigenvalue weighted by Gasteiger charge is -2.45. The normalized spacial score (nSPS) is 19.7. The minimum atomic E-state index is -1.35. The Bertz CT molecular complexity index is 1980. The zero-order valence-corrected chi connectivity index (χ0v) is 31.7. The first-order valence-corrected chi connectivity index (χ1v) is 18.9. The van der Waals surface area contributed by atoms with Crippen molar-refractivity contribution in [2.24, 2.45) is 0 Å². The van der Waals surface area contributed by atoms with Gasteiger partial charge < -0.3 is 38.3 Å². The summed E-state index contributed by atoms with van der Waals surface area (Å²) in [6.45, 7) is 0.808. The minimum absolute atomic E-state index is 0.0140. The molecule has 0 amide bonds. The maximum atomic E-state index is 11.8. The van der Waals surface area contributed by atoms with Gasteiger partial charge in [-0.05, 0) is 57.6 Å². The summed E-state index contributed by atoms with van der Waals surface area (Å²) in [5, 5.41) is 11.8. The molecule has 0 spiro atoms. The van der Waals surface area contributed by atoms with Crippen molar-refractivity contribution >= 4 is 0 Å². The van der Waals surface area contributed by atoms with Crippen LogP contribution in [0.3, 0.4) is 0 Å². The highest BCUT2D eigenvalue weighted by atomic mass is 16.7. The van der Waals surface area contributed by atoms with Crippen LogP contribution in [-0.2, 0) is 49.1 Å². The van der Waals surface area contributed by atoms with Gasteiger partial charge in [-0.1, -0.05) is 146 Å². The first-order chi connectivity index (χ1) is 27.6. The average molecular weight is 753 g/mol. The van der Waals surface area contributed by atoms with Crippen LogP contribution in [0.5, 0.6) is 11.5 Å². The second-order valence-electron chi connectivity index (χ2n) is 13.7. The molecule has 1 aliphatic heterocycles. The predicted octanol–water partition coefficient (Wildman–Crippen LogP) is 8.49. The summed E-state index contributed by atoms with van der Waals surface area (Å²) in [6, 6.07) is 55.5. The minimum Gasteiger partial charge on any atom is -0.497 e. The molecular weight excluding hydrogens is 705 g/mol. The Morgan fingerprint density at radius 1 is 0.464 bits per heavy atom. The molecule has 1 unspecified atom stereocenters. The van der Waals surface area contributed by atoms with Crippen molar-refractivity contribution in [2.45, 2.75) is 56.1 Å². The standard InChI is InChI=1S/C48H48O8/c1-50-41-27-23-39(24-28-41)48(38-21-13-6-14-22-38,40-25-29-42(51-2)30-26-40)55-34-43-44(52-31-35-15-7-3-8-16-35)45(53-32-36-17-9-4-10-18-36)46(47(49)56-43)54-33-37-19-11-5-12-20-37/h3-30,43-47,49H,31-34H2,1-2H3/t43-,44-,45+,46-,47?/m1/s1. The van der Waals surface area contributed by atoms with E-state index in [0.29, 0.717) is 0 Å². The summed E-state index contributed by atoms with van der Waals surface area (Å²) < 4.78 is 44.9. The van der Waals surface area contributed by atoms with Crippen LogP contribution in [0.4, 0.5) is 0 Å². The van der Waals surface area contributed by atoms with Crippen molar-refractivity contribution in [1.82, 2.24) is 0 Å². The highest BCUT2D eigenvalue weighted by Gasteiger charge is 2.49. The maximum Gasteiger partial charge on any atom is 0.184 e. The monoisotopic (exact) mass is 752 g/mol. The number of aliphatic hydroxyl groups excluding tert-OH is 1. The fourth-order valence-electron chi connectivity index (χ4n) is 7.18. The largest absolute Gasteiger partial charge is 0.497 e. The molecule has 1 heterocycles. The van der Waals surface area contributed by atoms with Gasteiger partial charge in [0.2, 0.25) is 0 Å². The third-order valence-corrected chi connectivity index (χ3v) is 10.1. The number of ether oxygens (including phenoxy) is 7. The van der Waals surface area contributed by atoms with Gasteiger partial charge in [0, 0.05) is 0 Å². The quantitative estimate of drug-likeness (QED) is 0.0930. The molecule has 288 valence electrons. The van der Waals surface area contributed by atoms with E-state index in [4.69, 9.17) is 33.2 Å². The Hall–Kier alpha value is -5.32. The first kappa shape index (κ1) is 38.9. The number of hydrogen-bond acceptors (Lipinski definition) is 8. The van der Waals surface area contributed by atoms with Gasteiger partial charge in [-0.2, -0.15) is 0 Å². The Morgan fingerprint density at radius 3 is 1.27 bits per heavy atom. The van der Waals surface area contributed by atoms with Gasteiger partial charge in [0.05, 0.1) is 40.6 Å². The molecule has 0 saturated carbocycles. The smallest absolute Gasteiger partial charge is 0.184 e. The van der Waals surface area contributed by atoms with Crippen molar-refractivity contribution in [1.29, 1.82) is 0 Å². The van der Waals surface area contributed by atoms with E-state index in [9.17, 15) is 5.11 Å². The zero-order chi connectivity index (χ0) is 38.6.